The molecule has 8 heteroatoms. The Morgan fingerprint density at radius 3 is 2.38 bits per heavy atom. The van der Waals surface area contributed by atoms with Crippen molar-refractivity contribution in [2.24, 2.45) is 0 Å². The third-order valence-corrected chi connectivity index (χ3v) is 4.34. The zero-order valence-corrected chi connectivity index (χ0v) is 14.6. The summed E-state index contributed by atoms with van der Waals surface area (Å²) in [5, 5.41) is 0. The van der Waals surface area contributed by atoms with Crippen molar-refractivity contribution in [3.05, 3.63) is 22.2 Å². The van der Waals surface area contributed by atoms with E-state index in [4.69, 9.17) is 9.47 Å². The Labute approximate surface area is 138 Å². The van der Waals surface area contributed by atoms with Crippen molar-refractivity contribution in [2.45, 2.75) is 17.4 Å². The number of halogens is 5. The van der Waals surface area contributed by atoms with Gasteiger partial charge < -0.3 is 14.2 Å². The summed E-state index contributed by atoms with van der Waals surface area (Å²) in [6.07, 6.45) is -3.92. The molecule has 3 nitrogen and oxygen atoms in total. The molecule has 0 aliphatic carbocycles. The first-order chi connectivity index (χ1) is 9.80. The lowest BCUT2D eigenvalue weighted by Crippen LogP contribution is -2.17. The fraction of sp³-hybridized carbons (Fsp3) is 0.538. The van der Waals surface area contributed by atoms with Gasteiger partial charge in [-0.2, -0.15) is 13.2 Å². The van der Waals surface area contributed by atoms with E-state index in [1.165, 1.54) is 14.2 Å². The van der Waals surface area contributed by atoms with Gasteiger partial charge in [0, 0.05) is 17.0 Å². The topological polar surface area (TPSA) is 27.7 Å². The van der Waals surface area contributed by atoms with Crippen LogP contribution in [0.25, 0.3) is 0 Å². The van der Waals surface area contributed by atoms with Gasteiger partial charge in [0.15, 0.2) is 0 Å². The van der Waals surface area contributed by atoms with Crippen LogP contribution in [0.4, 0.5) is 13.2 Å². The molecule has 1 unspecified atom stereocenters. The molecule has 0 bridgehead atoms. The van der Waals surface area contributed by atoms with Crippen LogP contribution < -0.4 is 9.47 Å². The molecule has 1 aromatic carbocycles. The van der Waals surface area contributed by atoms with E-state index in [9.17, 15) is 13.2 Å². The minimum atomic E-state index is -4.30. The van der Waals surface area contributed by atoms with E-state index in [-0.39, 0.29) is 11.4 Å². The lowest BCUT2D eigenvalue weighted by atomic mass is 10.1. The molecule has 0 spiro atoms. The van der Waals surface area contributed by atoms with Crippen LogP contribution >= 0.6 is 31.9 Å². The summed E-state index contributed by atoms with van der Waals surface area (Å²) in [5.74, 6) is 1.19. The second-order valence-corrected chi connectivity index (χ2v) is 6.03. The summed E-state index contributed by atoms with van der Waals surface area (Å²) in [7, 11) is 3.05. The monoisotopic (exact) mass is 434 g/mol. The number of hydrogen-bond donors (Lipinski definition) is 0. The molecule has 0 saturated heterocycles. The average Bonchev–Trinajstić information content (AvgIpc) is 2.41. The summed E-state index contributed by atoms with van der Waals surface area (Å²) in [6.45, 7) is -1.25. The molecule has 0 N–H and O–H groups in total. The summed E-state index contributed by atoms with van der Waals surface area (Å²) < 4.78 is 51.7. The van der Waals surface area contributed by atoms with E-state index in [1.54, 1.807) is 12.1 Å². The minimum Gasteiger partial charge on any atom is -0.495 e. The fourth-order valence-electron chi connectivity index (χ4n) is 1.69. The number of methoxy groups -OCH3 is 2. The lowest BCUT2D eigenvalue weighted by molar-refractivity contribution is -0.174. The summed E-state index contributed by atoms with van der Waals surface area (Å²) >= 11 is 6.81. The van der Waals surface area contributed by atoms with Gasteiger partial charge in [0.2, 0.25) is 0 Å². The predicted octanol–water partition coefficient (Wildman–Crippen LogP) is 4.87. The van der Waals surface area contributed by atoms with E-state index >= 15 is 0 Å². The van der Waals surface area contributed by atoms with E-state index in [0.29, 0.717) is 22.4 Å². The molecule has 0 radical (unpaired) electrons. The maximum absolute atomic E-state index is 12.0. The minimum absolute atomic E-state index is 0.0117. The molecular weight excluding hydrogens is 421 g/mol. The van der Waals surface area contributed by atoms with Crippen LogP contribution in [-0.4, -0.2) is 33.6 Å². The molecule has 0 fully saturated rings. The van der Waals surface area contributed by atoms with E-state index in [2.05, 4.69) is 36.6 Å². The summed E-state index contributed by atoms with van der Waals surface area (Å²) in [5.41, 5.74) is 0.806. The molecule has 0 heterocycles. The summed E-state index contributed by atoms with van der Waals surface area (Å²) in [6, 6.07) is 3.55. The number of alkyl halides is 4. The Kier molecular flexibility index (Phi) is 7.29. The van der Waals surface area contributed by atoms with Gasteiger partial charge in [-0.25, -0.2) is 0 Å². The molecule has 0 aromatic heterocycles. The Balaban J connectivity index is 2.70. The smallest absolute Gasteiger partial charge is 0.411 e. The highest BCUT2D eigenvalue weighted by Gasteiger charge is 2.27. The Hall–Kier alpha value is -0.470. The van der Waals surface area contributed by atoms with Gasteiger partial charge in [0.1, 0.15) is 22.6 Å². The fourth-order valence-corrected chi connectivity index (χ4v) is 2.93. The number of benzene rings is 1. The van der Waals surface area contributed by atoms with Gasteiger partial charge in [0.05, 0.1) is 14.2 Å². The molecule has 1 atom stereocenters. The van der Waals surface area contributed by atoms with Crippen LogP contribution in [0, 0.1) is 0 Å². The van der Waals surface area contributed by atoms with Crippen molar-refractivity contribution in [3.63, 3.8) is 0 Å². The first kappa shape index (κ1) is 18.6. The second kappa shape index (κ2) is 8.24. The number of ether oxygens (including phenoxy) is 3. The van der Waals surface area contributed by atoms with E-state index in [0.717, 1.165) is 5.56 Å². The van der Waals surface area contributed by atoms with Crippen molar-refractivity contribution in [1.29, 1.82) is 0 Å². The molecule has 0 aliphatic heterocycles. The quantitative estimate of drug-likeness (QED) is 0.451. The highest BCUT2D eigenvalue weighted by molar-refractivity contribution is 9.10. The summed E-state index contributed by atoms with van der Waals surface area (Å²) in [4.78, 5) is -0.192. The highest BCUT2D eigenvalue weighted by atomic mass is 79.9. The third kappa shape index (κ3) is 5.67. The van der Waals surface area contributed by atoms with Gasteiger partial charge in [-0.3, -0.25) is 0 Å². The van der Waals surface area contributed by atoms with Gasteiger partial charge >= 0.3 is 6.18 Å². The Morgan fingerprint density at radius 1 is 1.19 bits per heavy atom. The van der Waals surface area contributed by atoms with E-state index < -0.39 is 12.8 Å². The lowest BCUT2D eigenvalue weighted by Gasteiger charge is -2.17. The van der Waals surface area contributed by atoms with Crippen LogP contribution in [0.1, 0.15) is 16.8 Å². The molecule has 0 aliphatic rings. The second-order valence-electron chi connectivity index (χ2n) is 4.13. The molecule has 1 aromatic rings. The van der Waals surface area contributed by atoms with Gasteiger partial charge in [0.25, 0.3) is 0 Å². The standard InChI is InChI=1S/C13H15Br2F3O3/c1-19-10-4-3-8(12(20-2)11(10)15)9(14)5-6-21-7-13(16,17)18/h3-4,9H,5-7H2,1-2H3. The molecule has 0 amide bonds. The van der Waals surface area contributed by atoms with Crippen LogP contribution in [-0.2, 0) is 4.74 Å². The van der Waals surface area contributed by atoms with E-state index in [1.807, 2.05) is 0 Å². The van der Waals surface area contributed by atoms with Gasteiger partial charge in [-0.05, 0) is 28.4 Å². The zero-order valence-electron chi connectivity index (χ0n) is 11.5. The first-order valence-electron chi connectivity index (χ1n) is 5.99. The SMILES string of the molecule is COc1ccc(C(Br)CCOCC(F)(F)F)c(OC)c1Br. The van der Waals surface area contributed by atoms with Crippen molar-refractivity contribution in [2.75, 3.05) is 27.4 Å². The van der Waals surface area contributed by atoms with Crippen LogP contribution in [0.5, 0.6) is 11.5 Å². The average molecular weight is 436 g/mol. The van der Waals surface area contributed by atoms with Gasteiger partial charge in [-0.15, -0.1) is 0 Å². The molecule has 120 valence electrons. The maximum Gasteiger partial charge on any atom is 0.411 e. The first-order valence-corrected chi connectivity index (χ1v) is 7.70. The third-order valence-electron chi connectivity index (χ3n) is 2.63. The van der Waals surface area contributed by atoms with Crippen molar-refractivity contribution in [3.8, 4) is 11.5 Å². The van der Waals surface area contributed by atoms with Crippen molar-refractivity contribution < 1.29 is 27.4 Å². The number of hydrogen-bond acceptors (Lipinski definition) is 3. The zero-order chi connectivity index (χ0) is 16.0. The predicted molar refractivity (Wildman–Crippen MR) is 80.4 cm³/mol. The van der Waals surface area contributed by atoms with Crippen molar-refractivity contribution in [1.82, 2.24) is 0 Å². The van der Waals surface area contributed by atoms with Gasteiger partial charge in [-0.1, -0.05) is 22.0 Å². The molecule has 0 saturated carbocycles. The van der Waals surface area contributed by atoms with Crippen LogP contribution in [0.15, 0.2) is 16.6 Å². The maximum atomic E-state index is 12.0. The normalized spacial score (nSPS) is 13.1. The Bertz CT molecular complexity index is 467. The number of rotatable bonds is 7. The molecule has 1 rings (SSSR count). The van der Waals surface area contributed by atoms with Crippen molar-refractivity contribution >= 4 is 31.9 Å². The van der Waals surface area contributed by atoms with Crippen LogP contribution in [0.3, 0.4) is 0 Å². The largest absolute Gasteiger partial charge is 0.495 e. The molecule has 21 heavy (non-hydrogen) atoms. The Morgan fingerprint density at radius 2 is 1.86 bits per heavy atom. The van der Waals surface area contributed by atoms with Crippen LogP contribution in [0.2, 0.25) is 0 Å². The molecular formula is C13H15Br2F3O3. The highest BCUT2D eigenvalue weighted by Crippen LogP contribution is 2.42.